The van der Waals surface area contributed by atoms with Gasteiger partial charge in [-0.05, 0) is 6.92 Å². The van der Waals surface area contributed by atoms with Gasteiger partial charge in [-0.15, -0.1) is 0 Å². The maximum absolute atomic E-state index is 12.2. The van der Waals surface area contributed by atoms with Crippen LogP contribution in [-0.2, 0) is 19.6 Å². The molecule has 0 aromatic carbocycles. The number of ether oxygens (including phenoxy) is 1. The molecule has 108 valence electrons. The predicted molar refractivity (Wildman–Crippen MR) is 59.7 cm³/mol. The molecule has 9 heteroatoms. The molecular formula is C9H17F2NO5S. The summed E-state index contributed by atoms with van der Waals surface area (Å²) in [5.41, 5.74) is 0. The fourth-order valence-electron chi connectivity index (χ4n) is 1.18. The van der Waals surface area contributed by atoms with Gasteiger partial charge in [0, 0.05) is 6.54 Å². The molecule has 0 aromatic heterocycles. The Balaban J connectivity index is 4.49. The van der Waals surface area contributed by atoms with E-state index < -0.39 is 54.3 Å². The molecule has 0 bridgehead atoms. The van der Waals surface area contributed by atoms with E-state index in [9.17, 15) is 22.0 Å². The Labute approximate surface area is 105 Å². The highest BCUT2D eigenvalue weighted by atomic mass is 32.2. The van der Waals surface area contributed by atoms with Crippen LogP contribution in [0.25, 0.3) is 0 Å². The summed E-state index contributed by atoms with van der Waals surface area (Å²) in [5, 5.41) is 8.63. The first-order valence-corrected chi connectivity index (χ1v) is 6.96. The van der Waals surface area contributed by atoms with Crippen molar-refractivity contribution in [3.05, 3.63) is 0 Å². The van der Waals surface area contributed by atoms with Gasteiger partial charge in [0.1, 0.15) is 0 Å². The molecule has 0 aliphatic carbocycles. The number of carbonyl (C=O) groups excluding carboxylic acids is 1. The number of hydrogen-bond acceptors (Lipinski definition) is 5. The summed E-state index contributed by atoms with van der Waals surface area (Å²) in [4.78, 5) is 11.0. The molecule has 0 radical (unpaired) electrons. The van der Waals surface area contributed by atoms with Crippen LogP contribution in [0.1, 0.15) is 13.3 Å². The van der Waals surface area contributed by atoms with Crippen molar-refractivity contribution in [3.8, 4) is 0 Å². The van der Waals surface area contributed by atoms with E-state index in [1.165, 1.54) is 0 Å². The van der Waals surface area contributed by atoms with Crippen molar-refractivity contribution in [1.29, 1.82) is 0 Å². The van der Waals surface area contributed by atoms with Crippen molar-refractivity contribution in [2.45, 2.75) is 19.8 Å². The van der Waals surface area contributed by atoms with E-state index >= 15 is 0 Å². The quantitative estimate of drug-likeness (QED) is 0.596. The minimum absolute atomic E-state index is 0.121. The molecule has 0 heterocycles. The molecule has 0 aliphatic heterocycles. The molecular weight excluding hydrogens is 272 g/mol. The minimum atomic E-state index is -4.00. The zero-order valence-corrected chi connectivity index (χ0v) is 10.8. The van der Waals surface area contributed by atoms with Gasteiger partial charge < -0.3 is 9.84 Å². The molecule has 0 aromatic rings. The fourth-order valence-corrected chi connectivity index (χ4v) is 2.57. The average Bonchev–Trinajstić information content (AvgIpc) is 2.26. The highest BCUT2D eigenvalue weighted by molar-refractivity contribution is 7.89. The van der Waals surface area contributed by atoms with E-state index in [0.29, 0.717) is 4.31 Å². The molecule has 0 saturated heterocycles. The molecule has 0 unspecified atom stereocenters. The molecule has 0 saturated carbocycles. The summed E-state index contributed by atoms with van der Waals surface area (Å²) < 4.78 is 52.6. The topological polar surface area (TPSA) is 83.9 Å². The summed E-state index contributed by atoms with van der Waals surface area (Å²) in [6.45, 7) is -0.288. The van der Waals surface area contributed by atoms with E-state index in [2.05, 4.69) is 4.74 Å². The van der Waals surface area contributed by atoms with Crippen molar-refractivity contribution in [1.82, 2.24) is 4.31 Å². The summed E-state index contributed by atoms with van der Waals surface area (Å²) in [6.07, 6.45) is -3.24. The van der Waals surface area contributed by atoms with E-state index in [4.69, 9.17) is 5.11 Å². The van der Waals surface area contributed by atoms with Gasteiger partial charge in [0.2, 0.25) is 10.0 Å². The van der Waals surface area contributed by atoms with Crippen molar-refractivity contribution in [2.24, 2.45) is 0 Å². The highest BCUT2D eigenvalue weighted by Crippen LogP contribution is 2.07. The SMILES string of the molecule is CCOC(=O)CCS(=O)(=O)N(CCO)CC(F)F. The summed E-state index contributed by atoms with van der Waals surface area (Å²) in [6, 6.07) is 0. The third kappa shape index (κ3) is 6.82. The van der Waals surface area contributed by atoms with Gasteiger partial charge in [-0.25, -0.2) is 17.2 Å². The summed E-state index contributed by atoms with van der Waals surface area (Å²) in [7, 11) is -4.00. The third-order valence-electron chi connectivity index (χ3n) is 1.95. The molecule has 0 fully saturated rings. The summed E-state index contributed by atoms with van der Waals surface area (Å²) in [5.74, 6) is -1.32. The molecule has 0 amide bonds. The van der Waals surface area contributed by atoms with E-state index in [1.807, 2.05) is 0 Å². The second-order valence-electron chi connectivity index (χ2n) is 3.34. The zero-order chi connectivity index (χ0) is 14.2. The number of alkyl halides is 2. The Morgan fingerprint density at radius 3 is 2.50 bits per heavy atom. The van der Waals surface area contributed by atoms with Crippen LogP contribution in [0.5, 0.6) is 0 Å². The molecule has 6 nitrogen and oxygen atoms in total. The lowest BCUT2D eigenvalue weighted by Gasteiger charge is -2.20. The van der Waals surface area contributed by atoms with Crippen molar-refractivity contribution in [2.75, 3.05) is 32.1 Å². The normalized spacial score (nSPS) is 12.1. The van der Waals surface area contributed by atoms with Gasteiger partial charge in [-0.3, -0.25) is 4.79 Å². The van der Waals surface area contributed by atoms with Crippen LogP contribution in [0, 0.1) is 0 Å². The second kappa shape index (κ2) is 8.33. The predicted octanol–water partition coefficient (Wildman–Crippen LogP) is -0.171. The Morgan fingerprint density at radius 2 is 2.06 bits per heavy atom. The number of hydrogen-bond donors (Lipinski definition) is 1. The van der Waals surface area contributed by atoms with E-state index in [0.717, 1.165) is 0 Å². The number of nitrogens with zero attached hydrogens (tertiary/aromatic N) is 1. The van der Waals surface area contributed by atoms with Gasteiger partial charge in [0.15, 0.2) is 0 Å². The lowest BCUT2D eigenvalue weighted by Crippen LogP contribution is -2.39. The standard InChI is InChI=1S/C9H17F2NO5S/c1-2-17-9(14)3-6-18(15,16)12(4-5-13)7-8(10)11/h8,13H,2-7H2,1H3. The lowest BCUT2D eigenvalue weighted by atomic mass is 10.5. The summed E-state index contributed by atoms with van der Waals surface area (Å²) >= 11 is 0. The van der Waals surface area contributed by atoms with Gasteiger partial charge in [-0.1, -0.05) is 0 Å². The zero-order valence-electron chi connectivity index (χ0n) is 10.0. The molecule has 0 aliphatic rings. The largest absolute Gasteiger partial charge is 0.466 e. The first-order chi connectivity index (χ1) is 8.33. The van der Waals surface area contributed by atoms with Crippen molar-refractivity contribution >= 4 is 16.0 Å². The first kappa shape index (κ1) is 17.2. The Morgan fingerprint density at radius 1 is 1.44 bits per heavy atom. The fraction of sp³-hybridized carbons (Fsp3) is 0.889. The molecule has 0 rings (SSSR count). The van der Waals surface area contributed by atoms with Crippen LogP contribution in [0.2, 0.25) is 0 Å². The van der Waals surface area contributed by atoms with Crippen LogP contribution in [0.3, 0.4) is 0 Å². The number of aliphatic hydroxyl groups excluding tert-OH is 1. The minimum Gasteiger partial charge on any atom is -0.466 e. The number of sulfonamides is 1. The molecule has 18 heavy (non-hydrogen) atoms. The van der Waals surface area contributed by atoms with Crippen LogP contribution in [0.15, 0.2) is 0 Å². The van der Waals surface area contributed by atoms with E-state index in [1.54, 1.807) is 6.92 Å². The number of carbonyl (C=O) groups is 1. The maximum atomic E-state index is 12.2. The Kier molecular flexibility index (Phi) is 7.96. The van der Waals surface area contributed by atoms with Crippen LogP contribution < -0.4 is 0 Å². The van der Waals surface area contributed by atoms with Crippen LogP contribution >= 0.6 is 0 Å². The molecule has 0 atom stereocenters. The van der Waals surface area contributed by atoms with Gasteiger partial charge in [0.05, 0.1) is 31.9 Å². The Hall–Kier alpha value is -0.800. The van der Waals surface area contributed by atoms with Gasteiger partial charge in [-0.2, -0.15) is 4.31 Å². The highest BCUT2D eigenvalue weighted by Gasteiger charge is 2.25. The maximum Gasteiger partial charge on any atom is 0.306 e. The lowest BCUT2D eigenvalue weighted by molar-refractivity contribution is -0.142. The van der Waals surface area contributed by atoms with Crippen molar-refractivity contribution in [3.63, 3.8) is 0 Å². The van der Waals surface area contributed by atoms with Gasteiger partial charge >= 0.3 is 5.97 Å². The number of esters is 1. The second-order valence-corrected chi connectivity index (χ2v) is 5.43. The molecule has 1 N–H and O–H groups in total. The smallest absolute Gasteiger partial charge is 0.306 e. The third-order valence-corrected chi connectivity index (χ3v) is 3.79. The molecule has 0 spiro atoms. The van der Waals surface area contributed by atoms with Crippen LogP contribution in [0.4, 0.5) is 8.78 Å². The number of halogens is 2. The Bertz CT molecular complexity index is 347. The average molecular weight is 289 g/mol. The van der Waals surface area contributed by atoms with Crippen LogP contribution in [-0.4, -0.2) is 62.3 Å². The van der Waals surface area contributed by atoms with E-state index in [-0.39, 0.29) is 6.61 Å². The monoisotopic (exact) mass is 289 g/mol. The number of aliphatic hydroxyl groups is 1. The first-order valence-electron chi connectivity index (χ1n) is 5.36. The number of rotatable bonds is 9. The van der Waals surface area contributed by atoms with Gasteiger partial charge in [0.25, 0.3) is 6.43 Å². The van der Waals surface area contributed by atoms with Crippen molar-refractivity contribution < 1.29 is 31.8 Å².